The molecule has 2 rings (SSSR count). The van der Waals surface area contributed by atoms with E-state index in [1.165, 1.54) is 12.8 Å². The number of rotatable bonds is 2. The first-order valence-corrected chi connectivity index (χ1v) is 6.09. The highest BCUT2D eigenvalue weighted by atomic mass is 16.5. The molecule has 0 radical (unpaired) electrons. The highest BCUT2D eigenvalue weighted by Crippen LogP contribution is 2.37. The van der Waals surface area contributed by atoms with Gasteiger partial charge in [-0.1, -0.05) is 0 Å². The average molecular weight is 213 g/mol. The van der Waals surface area contributed by atoms with Gasteiger partial charge in [-0.2, -0.15) is 0 Å². The number of methoxy groups -OCH3 is 1. The summed E-state index contributed by atoms with van der Waals surface area (Å²) >= 11 is 0. The van der Waals surface area contributed by atoms with Gasteiger partial charge in [0.25, 0.3) is 0 Å². The Labute approximate surface area is 92.7 Å². The summed E-state index contributed by atoms with van der Waals surface area (Å²) in [4.78, 5) is 2.49. The first-order valence-electron chi connectivity index (χ1n) is 6.09. The van der Waals surface area contributed by atoms with Crippen molar-refractivity contribution in [3.05, 3.63) is 0 Å². The lowest BCUT2D eigenvalue weighted by atomic mass is 9.85. The molecule has 0 aromatic rings. The van der Waals surface area contributed by atoms with Crippen molar-refractivity contribution < 1.29 is 9.47 Å². The van der Waals surface area contributed by atoms with E-state index in [0.29, 0.717) is 6.04 Å². The Bertz CT molecular complexity index is 212. The largest absolute Gasteiger partial charge is 0.377 e. The molecule has 1 spiro atoms. The van der Waals surface area contributed by atoms with Crippen LogP contribution in [0.3, 0.4) is 0 Å². The average Bonchev–Trinajstić information content (AvgIpc) is 2.68. The van der Waals surface area contributed by atoms with Gasteiger partial charge in [0.1, 0.15) is 0 Å². The molecule has 0 N–H and O–H groups in total. The number of nitrogens with zero attached hydrogens (tertiary/aromatic N) is 1. The molecule has 2 atom stereocenters. The minimum absolute atomic E-state index is 0.0418. The fraction of sp³-hybridized carbons (Fsp3) is 1.00. The van der Waals surface area contributed by atoms with Gasteiger partial charge >= 0.3 is 0 Å². The SMILES string of the molecule is CO[C@H]1CN(C(C)C)CC[C@@]12CCCO2. The number of hydrogen-bond donors (Lipinski definition) is 0. The molecule has 0 aromatic heterocycles. The predicted octanol–water partition coefficient (Wildman–Crippen LogP) is 1.66. The minimum Gasteiger partial charge on any atom is -0.377 e. The summed E-state index contributed by atoms with van der Waals surface area (Å²) in [6, 6.07) is 0.612. The second kappa shape index (κ2) is 4.40. The summed E-state index contributed by atoms with van der Waals surface area (Å²) in [5.74, 6) is 0. The van der Waals surface area contributed by atoms with Gasteiger partial charge in [0.05, 0.1) is 11.7 Å². The Morgan fingerprint density at radius 3 is 2.73 bits per heavy atom. The van der Waals surface area contributed by atoms with Crippen molar-refractivity contribution in [2.24, 2.45) is 0 Å². The van der Waals surface area contributed by atoms with Gasteiger partial charge < -0.3 is 9.47 Å². The van der Waals surface area contributed by atoms with Gasteiger partial charge in [0, 0.05) is 32.8 Å². The third-order valence-corrected chi connectivity index (χ3v) is 3.96. The van der Waals surface area contributed by atoms with Crippen LogP contribution in [0.1, 0.15) is 33.1 Å². The van der Waals surface area contributed by atoms with E-state index in [4.69, 9.17) is 9.47 Å². The van der Waals surface area contributed by atoms with Crippen LogP contribution >= 0.6 is 0 Å². The topological polar surface area (TPSA) is 21.7 Å². The molecule has 88 valence electrons. The van der Waals surface area contributed by atoms with Crippen LogP contribution < -0.4 is 0 Å². The zero-order valence-corrected chi connectivity index (χ0v) is 10.2. The summed E-state index contributed by atoms with van der Waals surface area (Å²) < 4.78 is 11.6. The molecule has 15 heavy (non-hydrogen) atoms. The molecule has 2 aliphatic heterocycles. The van der Waals surface area contributed by atoms with Gasteiger partial charge in [-0.3, -0.25) is 4.90 Å². The smallest absolute Gasteiger partial charge is 0.0987 e. The van der Waals surface area contributed by atoms with E-state index in [2.05, 4.69) is 18.7 Å². The van der Waals surface area contributed by atoms with E-state index >= 15 is 0 Å². The summed E-state index contributed by atoms with van der Waals surface area (Å²) in [5, 5.41) is 0. The van der Waals surface area contributed by atoms with Crippen molar-refractivity contribution in [1.82, 2.24) is 4.90 Å². The number of ether oxygens (including phenoxy) is 2. The van der Waals surface area contributed by atoms with Crippen LogP contribution in [0.25, 0.3) is 0 Å². The van der Waals surface area contributed by atoms with E-state index in [1.54, 1.807) is 0 Å². The van der Waals surface area contributed by atoms with Crippen LogP contribution in [0.5, 0.6) is 0 Å². The summed E-state index contributed by atoms with van der Waals surface area (Å²) in [6.07, 6.45) is 3.76. The normalized spacial score (nSPS) is 38.0. The van der Waals surface area contributed by atoms with Crippen LogP contribution in [0, 0.1) is 0 Å². The first kappa shape index (κ1) is 11.4. The molecule has 2 fully saturated rings. The van der Waals surface area contributed by atoms with Crippen LogP contribution in [-0.2, 0) is 9.47 Å². The highest BCUT2D eigenvalue weighted by Gasteiger charge is 2.46. The molecule has 2 saturated heterocycles. The summed E-state index contributed by atoms with van der Waals surface area (Å²) in [5.41, 5.74) is 0.0418. The molecule has 0 aliphatic carbocycles. The quantitative estimate of drug-likeness (QED) is 0.696. The van der Waals surface area contributed by atoms with Crippen LogP contribution in [0.2, 0.25) is 0 Å². The fourth-order valence-corrected chi connectivity index (χ4v) is 2.89. The fourth-order valence-electron chi connectivity index (χ4n) is 2.89. The highest BCUT2D eigenvalue weighted by molar-refractivity contribution is 4.98. The lowest BCUT2D eigenvalue weighted by Crippen LogP contribution is -2.57. The Morgan fingerprint density at radius 1 is 1.40 bits per heavy atom. The molecule has 0 bridgehead atoms. The zero-order chi connectivity index (χ0) is 10.9. The minimum atomic E-state index is 0.0418. The molecule has 0 amide bonds. The molecular formula is C12H23NO2. The monoisotopic (exact) mass is 213 g/mol. The van der Waals surface area contributed by atoms with Gasteiger partial charge in [0.15, 0.2) is 0 Å². The second-order valence-electron chi connectivity index (χ2n) is 5.08. The predicted molar refractivity (Wildman–Crippen MR) is 60.0 cm³/mol. The van der Waals surface area contributed by atoms with E-state index in [0.717, 1.165) is 26.1 Å². The second-order valence-corrected chi connectivity index (χ2v) is 5.08. The van der Waals surface area contributed by atoms with Crippen molar-refractivity contribution in [2.75, 3.05) is 26.8 Å². The third kappa shape index (κ3) is 2.05. The maximum Gasteiger partial charge on any atom is 0.0987 e. The lowest BCUT2D eigenvalue weighted by Gasteiger charge is -2.45. The van der Waals surface area contributed by atoms with Crippen molar-refractivity contribution in [3.63, 3.8) is 0 Å². The van der Waals surface area contributed by atoms with Gasteiger partial charge in [-0.05, 0) is 33.1 Å². The maximum absolute atomic E-state index is 5.96. The lowest BCUT2D eigenvalue weighted by molar-refractivity contribution is -0.145. The third-order valence-electron chi connectivity index (χ3n) is 3.96. The Morgan fingerprint density at radius 2 is 2.20 bits per heavy atom. The molecule has 0 aromatic carbocycles. The van der Waals surface area contributed by atoms with Crippen molar-refractivity contribution in [2.45, 2.75) is 50.9 Å². The Hall–Kier alpha value is -0.120. The molecule has 0 unspecified atom stereocenters. The number of likely N-dealkylation sites (tertiary alicyclic amines) is 1. The van der Waals surface area contributed by atoms with Crippen molar-refractivity contribution >= 4 is 0 Å². The van der Waals surface area contributed by atoms with Crippen LogP contribution in [0.4, 0.5) is 0 Å². The molecule has 0 saturated carbocycles. The number of hydrogen-bond acceptors (Lipinski definition) is 3. The summed E-state index contributed by atoms with van der Waals surface area (Å²) in [7, 11) is 1.82. The molecule has 3 nitrogen and oxygen atoms in total. The molecular weight excluding hydrogens is 190 g/mol. The van der Waals surface area contributed by atoms with Gasteiger partial charge in [-0.15, -0.1) is 0 Å². The standard InChI is InChI=1S/C12H23NO2/c1-10(2)13-7-6-12(5-4-8-15-12)11(9-13)14-3/h10-11H,4-9H2,1-3H3/t11-,12-/m0/s1. The molecule has 2 heterocycles. The van der Waals surface area contributed by atoms with E-state index < -0.39 is 0 Å². The Balaban J connectivity index is 2.04. The first-order chi connectivity index (χ1) is 7.18. The van der Waals surface area contributed by atoms with Gasteiger partial charge in [0.2, 0.25) is 0 Å². The summed E-state index contributed by atoms with van der Waals surface area (Å²) in [6.45, 7) is 7.59. The van der Waals surface area contributed by atoms with Crippen LogP contribution in [0.15, 0.2) is 0 Å². The zero-order valence-electron chi connectivity index (χ0n) is 10.2. The van der Waals surface area contributed by atoms with Crippen molar-refractivity contribution in [1.29, 1.82) is 0 Å². The molecule has 2 aliphatic rings. The van der Waals surface area contributed by atoms with Crippen LogP contribution in [-0.4, -0.2) is 49.5 Å². The maximum atomic E-state index is 5.96. The Kier molecular flexibility index (Phi) is 3.33. The van der Waals surface area contributed by atoms with Crippen molar-refractivity contribution in [3.8, 4) is 0 Å². The molecule has 3 heteroatoms. The number of piperidine rings is 1. The van der Waals surface area contributed by atoms with E-state index in [1.807, 2.05) is 7.11 Å². The van der Waals surface area contributed by atoms with Gasteiger partial charge in [-0.25, -0.2) is 0 Å². The van der Waals surface area contributed by atoms with E-state index in [-0.39, 0.29) is 11.7 Å². The van der Waals surface area contributed by atoms with E-state index in [9.17, 15) is 0 Å².